The van der Waals surface area contributed by atoms with Gasteiger partial charge in [0.1, 0.15) is 0 Å². The van der Waals surface area contributed by atoms with Gasteiger partial charge in [0, 0.05) is 23.6 Å². The third kappa shape index (κ3) is 3.69. The monoisotopic (exact) mass is 323 g/mol. The van der Waals surface area contributed by atoms with Gasteiger partial charge in [0.05, 0.1) is 12.1 Å². The first-order valence-corrected chi connectivity index (χ1v) is 8.84. The highest BCUT2D eigenvalue weighted by atomic mass is 32.1. The van der Waals surface area contributed by atoms with Gasteiger partial charge >= 0.3 is 0 Å². The number of nitrogens with two attached hydrogens (primary N) is 1. The van der Waals surface area contributed by atoms with E-state index < -0.39 is 0 Å². The minimum Gasteiger partial charge on any atom is -0.321 e. The molecule has 2 heterocycles. The van der Waals surface area contributed by atoms with E-state index in [0.29, 0.717) is 5.69 Å². The molecule has 1 aromatic heterocycles. The third-order valence-electron chi connectivity index (χ3n) is 4.25. The smallest absolute Gasteiger partial charge is 0.187 e. The summed E-state index contributed by atoms with van der Waals surface area (Å²) in [5.74, 6) is 0. The van der Waals surface area contributed by atoms with Gasteiger partial charge in [-0.05, 0) is 54.8 Å². The van der Waals surface area contributed by atoms with Crippen LogP contribution in [0.3, 0.4) is 0 Å². The van der Waals surface area contributed by atoms with E-state index in [9.17, 15) is 0 Å². The fourth-order valence-electron chi connectivity index (χ4n) is 2.95. The van der Waals surface area contributed by atoms with Crippen LogP contribution in [0.5, 0.6) is 0 Å². The lowest BCUT2D eigenvalue weighted by atomic mass is 9.90. The second-order valence-corrected chi connectivity index (χ2v) is 7.27. The molecule has 23 heavy (non-hydrogen) atoms. The van der Waals surface area contributed by atoms with Gasteiger partial charge in [-0.2, -0.15) is 0 Å². The van der Waals surface area contributed by atoms with E-state index >= 15 is 0 Å². The molecule has 3 nitrogen and oxygen atoms in total. The maximum Gasteiger partial charge on any atom is 0.187 e. The Morgan fingerprint density at radius 3 is 2.91 bits per heavy atom. The lowest BCUT2D eigenvalue weighted by Crippen LogP contribution is -2.35. The highest BCUT2D eigenvalue weighted by molar-refractivity contribution is 7.10. The van der Waals surface area contributed by atoms with Gasteiger partial charge in [0.15, 0.2) is 5.69 Å². The van der Waals surface area contributed by atoms with Crippen molar-refractivity contribution in [1.82, 2.24) is 0 Å². The zero-order valence-electron chi connectivity index (χ0n) is 13.4. The quantitative estimate of drug-likeness (QED) is 0.776. The fraction of sp³-hybridized carbons (Fsp3) is 0.368. The number of benzene rings is 1. The van der Waals surface area contributed by atoms with Crippen molar-refractivity contribution in [2.75, 3.05) is 6.54 Å². The zero-order chi connectivity index (χ0) is 16.3. The summed E-state index contributed by atoms with van der Waals surface area (Å²) in [6.45, 7) is 10.2. The Labute approximate surface area is 141 Å². The fourth-order valence-corrected chi connectivity index (χ4v) is 3.95. The SMILES string of the molecule is [C-]#[N+]c1cccc(-c2csc([C@@](C)(N)CC3=NCCCC3)c2)c1. The molecular weight excluding hydrogens is 302 g/mol. The molecule has 0 radical (unpaired) electrons. The lowest BCUT2D eigenvalue weighted by Gasteiger charge is -2.25. The Kier molecular flexibility index (Phi) is 4.61. The number of hydrogen-bond donors (Lipinski definition) is 1. The van der Waals surface area contributed by atoms with E-state index in [-0.39, 0.29) is 5.54 Å². The molecule has 2 N–H and O–H groups in total. The average molecular weight is 323 g/mol. The summed E-state index contributed by atoms with van der Waals surface area (Å²) >= 11 is 1.70. The molecular formula is C19H21N3S. The topological polar surface area (TPSA) is 42.7 Å². The number of hydrogen-bond acceptors (Lipinski definition) is 3. The van der Waals surface area contributed by atoms with Crippen molar-refractivity contribution in [2.45, 2.75) is 38.1 Å². The number of rotatable bonds is 4. The Bertz CT molecular complexity index is 765. The van der Waals surface area contributed by atoms with Crippen molar-refractivity contribution in [3.8, 4) is 11.1 Å². The van der Waals surface area contributed by atoms with Gasteiger partial charge in [0.25, 0.3) is 0 Å². The van der Waals surface area contributed by atoms with Crippen LogP contribution in [0.2, 0.25) is 0 Å². The largest absolute Gasteiger partial charge is 0.321 e. The molecule has 0 amide bonds. The summed E-state index contributed by atoms with van der Waals surface area (Å²) in [6.07, 6.45) is 4.34. The second kappa shape index (κ2) is 6.66. The van der Waals surface area contributed by atoms with E-state index in [1.165, 1.54) is 23.4 Å². The molecule has 2 aromatic rings. The van der Waals surface area contributed by atoms with E-state index in [4.69, 9.17) is 12.3 Å². The minimum absolute atomic E-state index is 0.378. The summed E-state index contributed by atoms with van der Waals surface area (Å²) in [4.78, 5) is 9.31. The highest BCUT2D eigenvalue weighted by Crippen LogP contribution is 2.34. The van der Waals surface area contributed by atoms with Crippen LogP contribution >= 0.6 is 11.3 Å². The van der Waals surface area contributed by atoms with Gasteiger partial charge in [-0.25, -0.2) is 4.85 Å². The van der Waals surface area contributed by atoms with E-state index in [0.717, 1.165) is 30.5 Å². The van der Waals surface area contributed by atoms with Crippen LogP contribution in [0.15, 0.2) is 40.7 Å². The maximum atomic E-state index is 7.14. The molecule has 0 saturated heterocycles. The van der Waals surface area contributed by atoms with Crippen LogP contribution in [0.4, 0.5) is 5.69 Å². The van der Waals surface area contributed by atoms with Crippen LogP contribution in [-0.4, -0.2) is 12.3 Å². The molecule has 4 heteroatoms. The van der Waals surface area contributed by atoms with Crippen molar-refractivity contribution < 1.29 is 0 Å². The molecule has 1 aromatic carbocycles. The van der Waals surface area contributed by atoms with Gasteiger partial charge in [0.2, 0.25) is 0 Å². The molecule has 1 atom stereocenters. The molecule has 3 rings (SSSR count). The molecule has 0 fully saturated rings. The first kappa shape index (κ1) is 15.9. The van der Waals surface area contributed by atoms with Gasteiger partial charge in [-0.3, -0.25) is 4.99 Å². The molecule has 1 aliphatic heterocycles. The van der Waals surface area contributed by atoms with Gasteiger partial charge in [-0.15, -0.1) is 11.3 Å². The predicted octanol–water partition coefficient (Wildman–Crippen LogP) is 5.15. The lowest BCUT2D eigenvalue weighted by molar-refractivity contribution is 0.518. The molecule has 1 aliphatic rings. The van der Waals surface area contributed by atoms with E-state index in [2.05, 4.69) is 28.2 Å². The van der Waals surface area contributed by atoms with E-state index in [1.807, 2.05) is 24.3 Å². The number of thiophene rings is 1. The first-order chi connectivity index (χ1) is 11.1. The third-order valence-corrected chi connectivity index (χ3v) is 5.46. The summed E-state index contributed by atoms with van der Waals surface area (Å²) in [6, 6.07) is 9.89. The van der Waals surface area contributed by atoms with Crippen molar-refractivity contribution in [3.05, 3.63) is 52.0 Å². The highest BCUT2D eigenvalue weighted by Gasteiger charge is 2.26. The normalized spacial score (nSPS) is 17.2. The molecule has 0 unspecified atom stereocenters. The van der Waals surface area contributed by atoms with Crippen molar-refractivity contribution in [1.29, 1.82) is 0 Å². The second-order valence-electron chi connectivity index (χ2n) is 6.36. The zero-order valence-corrected chi connectivity index (χ0v) is 14.2. The van der Waals surface area contributed by atoms with Crippen LogP contribution < -0.4 is 5.73 Å². The molecule has 0 spiro atoms. The van der Waals surface area contributed by atoms with Crippen molar-refractivity contribution >= 4 is 22.7 Å². The van der Waals surface area contributed by atoms with Crippen LogP contribution in [0, 0.1) is 6.57 Å². The standard InChI is InChI=1S/C19H21N3S/c1-19(20,12-17-7-3-4-9-22-17)18-11-15(13-23-18)14-6-5-8-16(10-14)21-2/h5-6,8,10-11,13H,3-4,7,9,12,20H2,1H3/t19-/m0/s1. The summed E-state index contributed by atoms with van der Waals surface area (Å²) in [5, 5.41) is 2.13. The van der Waals surface area contributed by atoms with E-state index in [1.54, 1.807) is 11.3 Å². The minimum atomic E-state index is -0.378. The van der Waals surface area contributed by atoms with Crippen LogP contribution in [0.25, 0.3) is 16.0 Å². The van der Waals surface area contributed by atoms with Crippen molar-refractivity contribution in [3.63, 3.8) is 0 Å². The Morgan fingerprint density at radius 1 is 1.30 bits per heavy atom. The Balaban J connectivity index is 1.82. The summed E-state index contributed by atoms with van der Waals surface area (Å²) < 4.78 is 0. The summed E-state index contributed by atoms with van der Waals surface area (Å²) in [7, 11) is 0. The van der Waals surface area contributed by atoms with Crippen LogP contribution in [-0.2, 0) is 5.54 Å². The number of nitrogens with zero attached hydrogens (tertiary/aromatic N) is 2. The molecule has 118 valence electrons. The Morgan fingerprint density at radius 2 is 2.17 bits per heavy atom. The van der Waals surface area contributed by atoms with Gasteiger partial charge in [-0.1, -0.05) is 18.2 Å². The average Bonchev–Trinajstić information content (AvgIpc) is 3.06. The maximum absolute atomic E-state index is 7.14. The van der Waals surface area contributed by atoms with Gasteiger partial charge < -0.3 is 5.73 Å². The van der Waals surface area contributed by atoms with Crippen LogP contribution in [0.1, 0.15) is 37.5 Å². The molecule has 0 aliphatic carbocycles. The summed E-state index contributed by atoms with van der Waals surface area (Å²) in [5.41, 5.74) is 10.4. The Hall–Kier alpha value is -1.96. The number of aliphatic imine (C=N–C) groups is 1. The first-order valence-electron chi connectivity index (χ1n) is 7.96. The molecule has 0 saturated carbocycles. The molecule has 0 bridgehead atoms. The predicted molar refractivity (Wildman–Crippen MR) is 98.3 cm³/mol. The van der Waals surface area contributed by atoms with Crippen molar-refractivity contribution in [2.24, 2.45) is 10.7 Å².